The second kappa shape index (κ2) is 6.72. The van der Waals surface area contributed by atoms with Crippen LogP contribution in [0.15, 0.2) is 11.4 Å². The molecule has 5 nitrogen and oxygen atoms in total. The standard InChI is InChI=1S/C12H19N3O2S/c1-17-10-2-9-18-11(10)12(16)14-5-8-15-6-3-13-4-7-15/h2,9,13H,3-8H2,1H3,(H,14,16). The SMILES string of the molecule is COc1ccsc1C(=O)NCCN1CCNCC1. The average Bonchev–Trinajstić information content (AvgIpc) is 2.88. The summed E-state index contributed by atoms with van der Waals surface area (Å²) in [5.74, 6) is 0.608. The van der Waals surface area contributed by atoms with Gasteiger partial charge in [0.25, 0.3) is 5.91 Å². The molecule has 1 saturated heterocycles. The summed E-state index contributed by atoms with van der Waals surface area (Å²) in [7, 11) is 1.58. The predicted molar refractivity (Wildman–Crippen MR) is 72.5 cm³/mol. The number of thiophene rings is 1. The van der Waals surface area contributed by atoms with Crippen molar-refractivity contribution in [2.45, 2.75) is 0 Å². The van der Waals surface area contributed by atoms with Crippen molar-refractivity contribution in [3.63, 3.8) is 0 Å². The quantitative estimate of drug-likeness (QED) is 0.812. The van der Waals surface area contributed by atoms with Gasteiger partial charge in [-0.3, -0.25) is 9.69 Å². The Labute approximate surface area is 111 Å². The summed E-state index contributed by atoms with van der Waals surface area (Å²) in [4.78, 5) is 14.9. The van der Waals surface area contributed by atoms with Crippen LogP contribution in [-0.4, -0.2) is 57.2 Å². The molecule has 0 aliphatic carbocycles. The molecule has 1 amide bonds. The van der Waals surface area contributed by atoms with E-state index in [0.717, 1.165) is 32.7 Å². The van der Waals surface area contributed by atoms with E-state index in [1.165, 1.54) is 11.3 Å². The molecule has 1 aromatic rings. The molecule has 2 N–H and O–H groups in total. The average molecular weight is 269 g/mol. The van der Waals surface area contributed by atoms with E-state index < -0.39 is 0 Å². The minimum atomic E-state index is -0.0445. The lowest BCUT2D eigenvalue weighted by atomic mass is 10.3. The number of amides is 1. The molecular formula is C12H19N3O2S. The van der Waals surface area contributed by atoms with Gasteiger partial charge in [0.2, 0.25) is 0 Å². The van der Waals surface area contributed by atoms with Crippen LogP contribution in [-0.2, 0) is 0 Å². The molecule has 0 saturated carbocycles. The Balaban J connectivity index is 1.74. The number of hydrogen-bond acceptors (Lipinski definition) is 5. The molecule has 1 aliphatic heterocycles. The number of carbonyl (C=O) groups excluding carboxylic acids is 1. The third-order valence-corrected chi connectivity index (χ3v) is 3.87. The van der Waals surface area contributed by atoms with E-state index in [1.54, 1.807) is 7.11 Å². The largest absolute Gasteiger partial charge is 0.495 e. The Bertz CT molecular complexity index is 388. The molecule has 18 heavy (non-hydrogen) atoms. The number of ether oxygens (including phenoxy) is 1. The van der Waals surface area contributed by atoms with Gasteiger partial charge in [-0.15, -0.1) is 11.3 Å². The molecule has 0 bridgehead atoms. The zero-order valence-electron chi connectivity index (χ0n) is 10.6. The van der Waals surface area contributed by atoms with Crippen LogP contribution in [0, 0.1) is 0 Å². The first-order chi connectivity index (χ1) is 8.81. The van der Waals surface area contributed by atoms with Crippen LogP contribution in [0.2, 0.25) is 0 Å². The van der Waals surface area contributed by atoms with Crippen molar-refractivity contribution in [1.82, 2.24) is 15.5 Å². The van der Waals surface area contributed by atoms with Gasteiger partial charge in [0.1, 0.15) is 10.6 Å². The van der Waals surface area contributed by atoms with Gasteiger partial charge in [0.15, 0.2) is 0 Å². The molecule has 1 aromatic heterocycles. The Morgan fingerprint density at radius 3 is 3.06 bits per heavy atom. The molecule has 0 spiro atoms. The molecule has 100 valence electrons. The maximum absolute atomic E-state index is 11.9. The zero-order valence-corrected chi connectivity index (χ0v) is 11.4. The highest BCUT2D eigenvalue weighted by molar-refractivity contribution is 7.12. The second-order valence-electron chi connectivity index (χ2n) is 4.17. The van der Waals surface area contributed by atoms with E-state index in [2.05, 4.69) is 15.5 Å². The minimum absolute atomic E-state index is 0.0445. The van der Waals surface area contributed by atoms with Crippen molar-refractivity contribution in [2.75, 3.05) is 46.4 Å². The monoisotopic (exact) mass is 269 g/mol. The number of rotatable bonds is 5. The third-order valence-electron chi connectivity index (χ3n) is 2.98. The molecule has 0 atom stereocenters. The highest BCUT2D eigenvalue weighted by atomic mass is 32.1. The van der Waals surface area contributed by atoms with Crippen molar-refractivity contribution in [2.24, 2.45) is 0 Å². The van der Waals surface area contributed by atoms with E-state index in [1.807, 2.05) is 11.4 Å². The summed E-state index contributed by atoms with van der Waals surface area (Å²) in [5.41, 5.74) is 0. The summed E-state index contributed by atoms with van der Waals surface area (Å²) >= 11 is 1.41. The van der Waals surface area contributed by atoms with E-state index >= 15 is 0 Å². The molecule has 0 radical (unpaired) electrons. The highest BCUT2D eigenvalue weighted by Gasteiger charge is 2.14. The van der Waals surface area contributed by atoms with E-state index in [9.17, 15) is 4.79 Å². The van der Waals surface area contributed by atoms with Crippen molar-refractivity contribution < 1.29 is 9.53 Å². The van der Waals surface area contributed by atoms with Crippen LogP contribution >= 0.6 is 11.3 Å². The van der Waals surface area contributed by atoms with Crippen LogP contribution < -0.4 is 15.4 Å². The molecule has 0 aromatic carbocycles. The normalized spacial score (nSPS) is 16.5. The predicted octanol–water partition coefficient (Wildman–Crippen LogP) is 0.392. The molecule has 0 unspecified atom stereocenters. The van der Waals surface area contributed by atoms with Crippen molar-refractivity contribution >= 4 is 17.2 Å². The fraction of sp³-hybridized carbons (Fsp3) is 0.583. The first kappa shape index (κ1) is 13.3. The summed E-state index contributed by atoms with van der Waals surface area (Å²) in [6.45, 7) is 5.76. The Morgan fingerprint density at radius 1 is 1.56 bits per heavy atom. The smallest absolute Gasteiger partial charge is 0.265 e. The first-order valence-electron chi connectivity index (χ1n) is 6.14. The number of carbonyl (C=O) groups is 1. The van der Waals surface area contributed by atoms with Crippen molar-refractivity contribution in [1.29, 1.82) is 0 Å². The van der Waals surface area contributed by atoms with Crippen LogP contribution in [0.5, 0.6) is 5.75 Å². The number of nitrogens with one attached hydrogen (secondary N) is 2. The zero-order chi connectivity index (χ0) is 12.8. The van der Waals surface area contributed by atoms with Crippen LogP contribution in [0.3, 0.4) is 0 Å². The topological polar surface area (TPSA) is 53.6 Å². The Kier molecular flexibility index (Phi) is 4.98. The number of nitrogens with zero attached hydrogens (tertiary/aromatic N) is 1. The van der Waals surface area contributed by atoms with Gasteiger partial charge >= 0.3 is 0 Å². The number of piperazine rings is 1. The fourth-order valence-corrected chi connectivity index (χ4v) is 2.74. The minimum Gasteiger partial charge on any atom is -0.495 e. The van der Waals surface area contributed by atoms with Crippen molar-refractivity contribution in [3.8, 4) is 5.75 Å². The highest BCUT2D eigenvalue weighted by Crippen LogP contribution is 2.23. The van der Waals surface area contributed by atoms with Gasteiger partial charge in [-0.05, 0) is 11.4 Å². The summed E-state index contributed by atoms with van der Waals surface area (Å²) in [6.07, 6.45) is 0. The summed E-state index contributed by atoms with van der Waals surface area (Å²) in [5, 5.41) is 8.11. The number of hydrogen-bond donors (Lipinski definition) is 2. The van der Waals surface area contributed by atoms with Crippen LogP contribution in [0.4, 0.5) is 0 Å². The van der Waals surface area contributed by atoms with E-state index in [4.69, 9.17) is 4.74 Å². The van der Waals surface area contributed by atoms with Crippen LogP contribution in [0.25, 0.3) is 0 Å². The summed E-state index contributed by atoms with van der Waals surface area (Å²) < 4.78 is 5.13. The van der Waals surface area contributed by atoms with Gasteiger partial charge in [0.05, 0.1) is 7.11 Å². The number of methoxy groups -OCH3 is 1. The lowest BCUT2D eigenvalue weighted by molar-refractivity contribution is 0.0948. The van der Waals surface area contributed by atoms with Crippen molar-refractivity contribution in [3.05, 3.63) is 16.3 Å². The van der Waals surface area contributed by atoms with Gasteiger partial charge in [0, 0.05) is 39.3 Å². The maximum Gasteiger partial charge on any atom is 0.265 e. The van der Waals surface area contributed by atoms with E-state index in [0.29, 0.717) is 17.2 Å². The molecule has 1 fully saturated rings. The Hall–Kier alpha value is -1.11. The third kappa shape index (κ3) is 3.44. The molecule has 2 heterocycles. The lowest BCUT2D eigenvalue weighted by Crippen LogP contribution is -2.46. The van der Waals surface area contributed by atoms with Gasteiger partial charge in [-0.1, -0.05) is 0 Å². The summed E-state index contributed by atoms with van der Waals surface area (Å²) in [6, 6.07) is 1.82. The van der Waals surface area contributed by atoms with E-state index in [-0.39, 0.29) is 5.91 Å². The Morgan fingerprint density at radius 2 is 2.33 bits per heavy atom. The molecular weight excluding hydrogens is 250 g/mol. The molecule has 2 rings (SSSR count). The molecule has 6 heteroatoms. The van der Waals surface area contributed by atoms with Gasteiger partial charge in [-0.2, -0.15) is 0 Å². The fourth-order valence-electron chi connectivity index (χ4n) is 1.97. The lowest BCUT2D eigenvalue weighted by Gasteiger charge is -2.27. The second-order valence-corrected chi connectivity index (χ2v) is 5.08. The van der Waals surface area contributed by atoms with Crippen LogP contribution in [0.1, 0.15) is 9.67 Å². The maximum atomic E-state index is 11.9. The van der Waals surface area contributed by atoms with Gasteiger partial charge < -0.3 is 15.4 Å². The first-order valence-corrected chi connectivity index (χ1v) is 7.02. The van der Waals surface area contributed by atoms with Gasteiger partial charge in [-0.25, -0.2) is 0 Å². The molecule has 1 aliphatic rings.